The molecular weight excluding hydrogens is 272 g/mol. The molecule has 1 fully saturated rings. The number of likely N-dealkylation sites (N-methyl/N-ethyl adjacent to an activating group) is 1. The second-order valence-electron chi connectivity index (χ2n) is 5.95. The Balaban J connectivity index is 2.08. The van der Waals surface area contributed by atoms with Crippen molar-refractivity contribution < 1.29 is 19.1 Å². The number of esters is 1. The molecule has 21 heavy (non-hydrogen) atoms. The number of nitrogens with zero attached hydrogens (tertiary/aromatic N) is 2. The number of aryl methyl sites for hydroxylation is 1. The molecule has 2 heterocycles. The van der Waals surface area contributed by atoms with Gasteiger partial charge in [-0.25, -0.2) is 4.79 Å². The molecule has 1 aromatic rings. The molecule has 2 unspecified atom stereocenters. The van der Waals surface area contributed by atoms with E-state index in [2.05, 4.69) is 9.80 Å². The van der Waals surface area contributed by atoms with Crippen LogP contribution in [0.25, 0.3) is 0 Å². The lowest BCUT2D eigenvalue weighted by molar-refractivity contribution is 0.0559. The van der Waals surface area contributed by atoms with Crippen LogP contribution in [-0.2, 0) is 11.3 Å². The second-order valence-corrected chi connectivity index (χ2v) is 5.95. The van der Waals surface area contributed by atoms with E-state index in [-0.39, 0.29) is 11.9 Å². The molecule has 0 saturated carbocycles. The monoisotopic (exact) mass is 296 g/mol. The van der Waals surface area contributed by atoms with E-state index in [1.807, 2.05) is 27.1 Å². The molecule has 0 spiro atoms. The van der Waals surface area contributed by atoms with Crippen molar-refractivity contribution in [1.29, 1.82) is 0 Å². The first kappa shape index (κ1) is 16.0. The van der Waals surface area contributed by atoms with Gasteiger partial charge in [-0.3, -0.25) is 4.90 Å². The number of hydrogen-bond donors (Lipinski definition) is 1. The zero-order chi connectivity index (χ0) is 15.6. The number of β-amino-alcohol motifs (C(OH)–C–C–N with tert-alkyl or cyclic N) is 1. The molecule has 0 aromatic carbocycles. The van der Waals surface area contributed by atoms with Crippen molar-refractivity contribution >= 4 is 5.97 Å². The summed E-state index contributed by atoms with van der Waals surface area (Å²) in [6.07, 6.45) is 0.466. The lowest BCUT2D eigenvalue weighted by atomic mass is 10.2. The van der Waals surface area contributed by atoms with Crippen molar-refractivity contribution in [2.75, 3.05) is 34.3 Å². The van der Waals surface area contributed by atoms with Gasteiger partial charge in [-0.1, -0.05) is 0 Å². The largest absolute Gasteiger partial charge is 0.463 e. The Labute approximate surface area is 125 Å². The van der Waals surface area contributed by atoms with Gasteiger partial charge in [0.15, 0.2) is 0 Å². The van der Waals surface area contributed by atoms with Crippen molar-refractivity contribution in [3.05, 3.63) is 23.2 Å². The number of carbonyl (C=O) groups excluding carboxylic acids is 1. The Hall–Kier alpha value is -1.37. The van der Waals surface area contributed by atoms with Gasteiger partial charge >= 0.3 is 5.97 Å². The Bertz CT molecular complexity index is 498. The standard InChI is InChI=1S/C15H24N2O4/c1-10-5-13(21-14(10)15(19)20-4)9-17-8-12(18)6-11(17)7-16(2)3/h5,11-12,18H,6-9H2,1-4H3. The zero-order valence-electron chi connectivity index (χ0n) is 13.1. The number of methoxy groups -OCH3 is 1. The van der Waals surface area contributed by atoms with Crippen LogP contribution >= 0.6 is 0 Å². The first-order chi connectivity index (χ1) is 9.90. The van der Waals surface area contributed by atoms with Gasteiger partial charge in [0, 0.05) is 24.7 Å². The number of likely N-dealkylation sites (tertiary alicyclic amines) is 1. The van der Waals surface area contributed by atoms with Gasteiger partial charge in [0.25, 0.3) is 0 Å². The average molecular weight is 296 g/mol. The molecule has 0 radical (unpaired) electrons. The zero-order valence-corrected chi connectivity index (χ0v) is 13.1. The number of carbonyl (C=O) groups is 1. The summed E-state index contributed by atoms with van der Waals surface area (Å²) < 4.78 is 10.3. The van der Waals surface area contributed by atoms with E-state index in [1.165, 1.54) is 7.11 Å². The molecule has 1 N–H and O–H groups in total. The van der Waals surface area contributed by atoms with Gasteiger partial charge in [-0.05, 0) is 33.5 Å². The van der Waals surface area contributed by atoms with Crippen LogP contribution in [0, 0.1) is 6.92 Å². The normalized spacial score (nSPS) is 23.0. The third-order valence-corrected chi connectivity index (χ3v) is 3.78. The van der Waals surface area contributed by atoms with Crippen LogP contribution in [0.4, 0.5) is 0 Å². The van der Waals surface area contributed by atoms with E-state index in [0.29, 0.717) is 19.1 Å². The quantitative estimate of drug-likeness (QED) is 0.813. The third kappa shape index (κ3) is 3.84. The minimum Gasteiger partial charge on any atom is -0.463 e. The maximum atomic E-state index is 11.6. The minimum absolute atomic E-state index is 0.261. The molecule has 1 saturated heterocycles. The van der Waals surface area contributed by atoms with E-state index in [9.17, 15) is 9.90 Å². The highest BCUT2D eigenvalue weighted by Gasteiger charge is 2.32. The second kappa shape index (κ2) is 6.60. The lowest BCUT2D eigenvalue weighted by Crippen LogP contribution is -2.37. The van der Waals surface area contributed by atoms with E-state index in [4.69, 9.17) is 9.15 Å². The predicted octanol–water partition coefficient (Wildman–Crippen LogP) is 0.871. The van der Waals surface area contributed by atoms with Crippen molar-refractivity contribution in [1.82, 2.24) is 9.80 Å². The van der Waals surface area contributed by atoms with E-state index >= 15 is 0 Å². The van der Waals surface area contributed by atoms with E-state index < -0.39 is 5.97 Å². The summed E-state index contributed by atoms with van der Waals surface area (Å²) in [5, 5.41) is 9.88. The van der Waals surface area contributed by atoms with Crippen LogP contribution < -0.4 is 0 Å². The summed E-state index contributed by atoms with van der Waals surface area (Å²) >= 11 is 0. The fourth-order valence-electron chi connectivity index (χ4n) is 2.88. The molecule has 1 aliphatic heterocycles. The fourth-order valence-corrected chi connectivity index (χ4v) is 2.88. The van der Waals surface area contributed by atoms with Gasteiger partial charge in [-0.2, -0.15) is 0 Å². The number of ether oxygens (including phenoxy) is 1. The van der Waals surface area contributed by atoms with Crippen LogP contribution in [0.15, 0.2) is 10.5 Å². The third-order valence-electron chi connectivity index (χ3n) is 3.78. The minimum atomic E-state index is -0.454. The number of aliphatic hydroxyl groups is 1. The summed E-state index contributed by atoms with van der Waals surface area (Å²) in [5.41, 5.74) is 0.778. The highest BCUT2D eigenvalue weighted by molar-refractivity contribution is 5.87. The molecule has 6 nitrogen and oxygen atoms in total. The SMILES string of the molecule is COC(=O)c1oc(CN2CC(O)CC2CN(C)C)cc1C. The van der Waals surface area contributed by atoms with E-state index in [1.54, 1.807) is 0 Å². The Morgan fingerprint density at radius 1 is 1.57 bits per heavy atom. The molecule has 1 aliphatic rings. The van der Waals surface area contributed by atoms with Crippen LogP contribution in [0.5, 0.6) is 0 Å². The van der Waals surface area contributed by atoms with Gasteiger partial charge in [0.05, 0.1) is 19.8 Å². The summed E-state index contributed by atoms with van der Waals surface area (Å²) in [6.45, 7) is 3.94. The smallest absolute Gasteiger partial charge is 0.374 e. The van der Waals surface area contributed by atoms with Crippen LogP contribution in [0.1, 0.15) is 28.3 Å². The number of aliphatic hydroxyl groups excluding tert-OH is 1. The molecule has 118 valence electrons. The summed E-state index contributed by atoms with van der Waals surface area (Å²) in [6, 6.07) is 2.16. The maximum Gasteiger partial charge on any atom is 0.374 e. The van der Waals surface area contributed by atoms with Gasteiger partial charge in [0.2, 0.25) is 5.76 Å². The van der Waals surface area contributed by atoms with Crippen molar-refractivity contribution in [3.8, 4) is 0 Å². The number of rotatable bonds is 5. The van der Waals surface area contributed by atoms with Crippen molar-refractivity contribution in [2.45, 2.75) is 32.0 Å². The van der Waals surface area contributed by atoms with Crippen LogP contribution in [0.3, 0.4) is 0 Å². The Kier molecular flexibility index (Phi) is 5.03. The lowest BCUT2D eigenvalue weighted by Gasteiger charge is -2.25. The highest BCUT2D eigenvalue weighted by atomic mass is 16.5. The number of hydrogen-bond acceptors (Lipinski definition) is 6. The first-order valence-corrected chi connectivity index (χ1v) is 7.15. The van der Waals surface area contributed by atoms with E-state index in [0.717, 1.165) is 24.3 Å². The Morgan fingerprint density at radius 2 is 2.29 bits per heavy atom. The van der Waals surface area contributed by atoms with Gasteiger partial charge in [0.1, 0.15) is 5.76 Å². The fraction of sp³-hybridized carbons (Fsp3) is 0.667. The molecular formula is C15H24N2O4. The molecule has 6 heteroatoms. The molecule has 0 amide bonds. The topological polar surface area (TPSA) is 66.1 Å². The highest BCUT2D eigenvalue weighted by Crippen LogP contribution is 2.23. The van der Waals surface area contributed by atoms with Crippen LogP contribution in [0.2, 0.25) is 0 Å². The summed E-state index contributed by atoms with van der Waals surface area (Å²) in [7, 11) is 5.39. The van der Waals surface area contributed by atoms with Gasteiger partial charge < -0.3 is 19.2 Å². The number of furan rings is 1. The van der Waals surface area contributed by atoms with Crippen LogP contribution in [-0.4, -0.2) is 67.3 Å². The average Bonchev–Trinajstić information content (AvgIpc) is 2.92. The van der Waals surface area contributed by atoms with Crippen molar-refractivity contribution in [2.24, 2.45) is 0 Å². The molecule has 1 aromatic heterocycles. The Morgan fingerprint density at radius 3 is 2.90 bits per heavy atom. The van der Waals surface area contributed by atoms with Crippen molar-refractivity contribution in [3.63, 3.8) is 0 Å². The summed E-state index contributed by atoms with van der Waals surface area (Å²) in [4.78, 5) is 15.9. The molecule has 0 bridgehead atoms. The molecule has 2 rings (SSSR count). The maximum absolute atomic E-state index is 11.6. The molecule has 2 atom stereocenters. The summed E-state index contributed by atoms with van der Waals surface area (Å²) in [5.74, 6) is 0.534. The molecule has 0 aliphatic carbocycles. The predicted molar refractivity (Wildman–Crippen MR) is 78.2 cm³/mol. The first-order valence-electron chi connectivity index (χ1n) is 7.15. The van der Waals surface area contributed by atoms with Gasteiger partial charge in [-0.15, -0.1) is 0 Å².